The van der Waals surface area contributed by atoms with Crippen LogP contribution >= 0.6 is 15.9 Å². The fourth-order valence-corrected chi connectivity index (χ4v) is 4.28. The topological polar surface area (TPSA) is 29.1 Å². The highest BCUT2D eigenvalue weighted by molar-refractivity contribution is 9.09. The van der Waals surface area contributed by atoms with Crippen molar-refractivity contribution in [2.45, 2.75) is 64.7 Å². The Balaban J connectivity index is 1.87. The molecule has 2 aliphatic rings. The zero-order valence-corrected chi connectivity index (χ0v) is 13.2. The van der Waals surface area contributed by atoms with Crippen molar-refractivity contribution in [1.29, 1.82) is 0 Å². The molecule has 0 unspecified atom stereocenters. The van der Waals surface area contributed by atoms with Gasteiger partial charge in [0.25, 0.3) is 0 Å². The summed E-state index contributed by atoms with van der Waals surface area (Å²) in [5, 5.41) is 4.28. The van der Waals surface area contributed by atoms with Gasteiger partial charge in [0.2, 0.25) is 5.91 Å². The predicted molar refractivity (Wildman–Crippen MR) is 78.9 cm³/mol. The average Bonchev–Trinajstić information content (AvgIpc) is 2.85. The monoisotopic (exact) mass is 315 g/mol. The first-order valence-corrected chi connectivity index (χ1v) is 8.57. The molecule has 0 aliphatic heterocycles. The maximum Gasteiger partial charge on any atom is 0.225 e. The third kappa shape index (κ3) is 3.09. The van der Waals surface area contributed by atoms with Gasteiger partial charge in [-0.25, -0.2) is 0 Å². The Kier molecular flexibility index (Phi) is 4.74. The van der Waals surface area contributed by atoms with Gasteiger partial charge in [-0.3, -0.25) is 4.79 Å². The van der Waals surface area contributed by atoms with E-state index in [1.54, 1.807) is 0 Å². The second-order valence-corrected chi connectivity index (χ2v) is 7.21. The van der Waals surface area contributed by atoms with E-state index in [9.17, 15) is 4.79 Å². The number of carbonyl (C=O) groups excluding carboxylic acids is 1. The number of rotatable bonds is 4. The van der Waals surface area contributed by atoms with Crippen LogP contribution in [0.15, 0.2) is 0 Å². The SMILES string of the molecule is CC1(C(=O)NCC2(CBr)CCCCC2)CCCC1. The molecule has 1 N–H and O–H groups in total. The third-order valence-corrected chi connectivity index (χ3v) is 6.27. The summed E-state index contributed by atoms with van der Waals surface area (Å²) in [6.07, 6.45) is 11.1. The lowest BCUT2D eigenvalue weighted by Gasteiger charge is -2.37. The van der Waals surface area contributed by atoms with Gasteiger partial charge >= 0.3 is 0 Å². The summed E-state index contributed by atoms with van der Waals surface area (Å²) in [5.41, 5.74) is 0.241. The zero-order valence-electron chi connectivity index (χ0n) is 11.6. The molecule has 104 valence electrons. The Bertz CT molecular complexity index is 291. The molecule has 18 heavy (non-hydrogen) atoms. The third-order valence-electron chi connectivity index (χ3n) is 5.08. The van der Waals surface area contributed by atoms with Gasteiger partial charge in [0.05, 0.1) is 0 Å². The number of nitrogens with one attached hydrogen (secondary N) is 1. The Hall–Kier alpha value is -0.0500. The van der Waals surface area contributed by atoms with Gasteiger partial charge in [-0.05, 0) is 31.1 Å². The second kappa shape index (κ2) is 5.94. The molecule has 2 fully saturated rings. The summed E-state index contributed by atoms with van der Waals surface area (Å²) >= 11 is 3.66. The number of amides is 1. The van der Waals surface area contributed by atoms with Gasteiger partial charge in [0, 0.05) is 17.3 Å². The number of alkyl halides is 1. The molecular formula is C15H26BrNO. The van der Waals surface area contributed by atoms with Crippen molar-refractivity contribution in [3.8, 4) is 0 Å². The van der Waals surface area contributed by atoms with Crippen molar-refractivity contribution in [1.82, 2.24) is 5.32 Å². The van der Waals surface area contributed by atoms with Crippen LogP contribution in [0.5, 0.6) is 0 Å². The van der Waals surface area contributed by atoms with Gasteiger partial charge in [0.15, 0.2) is 0 Å². The minimum Gasteiger partial charge on any atom is -0.355 e. The molecule has 2 nitrogen and oxygen atoms in total. The smallest absolute Gasteiger partial charge is 0.225 e. The van der Waals surface area contributed by atoms with Crippen molar-refractivity contribution in [2.75, 3.05) is 11.9 Å². The molecule has 0 spiro atoms. The van der Waals surface area contributed by atoms with E-state index in [0.29, 0.717) is 11.3 Å². The van der Waals surface area contributed by atoms with Crippen molar-refractivity contribution in [3.63, 3.8) is 0 Å². The van der Waals surface area contributed by atoms with E-state index in [2.05, 4.69) is 28.2 Å². The molecule has 0 aromatic heterocycles. The lowest BCUT2D eigenvalue weighted by atomic mass is 9.75. The molecule has 2 aliphatic carbocycles. The average molecular weight is 316 g/mol. The minimum absolute atomic E-state index is 0.0812. The molecule has 3 heteroatoms. The second-order valence-electron chi connectivity index (χ2n) is 6.64. The van der Waals surface area contributed by atoms with Crippen LogP contribution in [0.2, 0.25) is 0 Å². The largest absolute Gasteiger partial charge is 0.355 e. The van der Waals surface area contributed by atoms with E-state index in [0.717, 1.165) is 24.7 Å². The van der Waals surface area contributed by atoms with Gasteiger partial charge < -0.3 is 5.32 Å². The quantitative estimate of drug-likeness (QED) is 0.780. The van der Waals surface area contributed by atoms with Crippen LogP contribution in [-0.4, -0.2) is 17.8 Å². The van der Waals surface area contributed by atoms with Crippen LogP contribution in [0.1, 0.15) is 64.7 Å². The van der Waals surface area contributed by atoms with Crippen LogP contribution in [0.25, 0.3) is 0 Å². The number of halogens is 1. The molecule has 0 saturated heterocycles. The van der Waals surface area contributed by atoms with Gasteiger partial charge in [0.1, 0.15) is 0 Å². The number of hydrogen-bond donors (Lipinski definition) is 1. The molecule has 0 atom stereocenters. The maximum atomic E-state index is 12.3. The van der Waals surface area contributed by atoms with Crippen LogP contribution in [0.3, 0.4) is 0 Å². The normalized spacial score (nSPS) is 25.9. The summed E-state index contributed by atoms with van der Waals surface area (Å²) < 4.78 is 0. The molecule has 0 aromatic carbocycles. The molecule has 1 amide bonds. The van der Waals surface area contributed by atoms with Crippen LogP contribution in [0, 0.1) is 10.8 Å². The summed E-state index contributed by atoms with van der Waals surface area (Å²) in [6.45, 7) is 3.00. The predicted octanol–water partition coefficient (Wildman–Crippen LogP) is 4.03. The Labute approximate surface area is 119 Å². The first-order valence-electron chi connectivity index (χ1n) is 7.45. The van der Waals surface area contributed by atoms with Crippen molar-refractivity contribution in [3.05, 3.63) is 0 Å². The van der Waals surface area contributed by atoms with E-state index < -0.39 is 0 Å². The molecule has 0 bridgehead atoms. The van der Waals surface area contributed by atoms with Crippen molar-refractivity contribution in [2.24, 2.45) is 10.8 Å². The first-order chi connectivity index (χ1) is 8.60. The van der Waals surface area contributed by atoms with E-state index in [1.165, 1.54) is 44.9 Å². The zero-order chi connectivity index (χ0) is 13.1. The van der Waals surface area contributed by atoms with Gasteiger partial charge in [-0.15, -0.1) is 0 Å². The molecule has 2 saturated carbocycles. The Morgan fingerprint density at radius 3 is 2.17 bits per heavy atom. The summed E-state index contributed by atoms with van der Waals surface area (Å²) in [7, 11) is 0. The summed E-state index contributed by atoms with van der Waals surface area (Å²) in [5.74, 6) is 0.297. The minimum atomic E-state index is -0.0812. The highest BCUT2D eigenvalue weighted by Crippen LogP contribution is 2.40. The van der Waals surface area contributed by atoms with Crippen LogP contribution < -0.4 is 5.32 Å². The van der Waals surface area contributed by atoms with Gasteiger partial charge in [-0.2, -0.15) is 0 Å². The van der Waals surface area contributed by atoms with Crippen molar-refractivity contribution < 1.29 is 4.79 Å². The highest BCUT2D eigenvalue weighted by Gasteiger charge is 2.38. The van der Waals surface area contributed by atoms with Crippen LogP contribution in [-0.2, 0) is 4.79 Å². The Morgan fingerprint density at radius 1 is 1.06 bits per heavy atom. The van der Waals surface area contributed by atoms with E-state index in [1.807, 2.05) is 0 Å². The summed E-state index contributed by atoms with van der Waals surface area (Å²) in [4.78, 5) is 12.3. The lowest BCUT2D eigenvalue weighted by molar-refractivity contribution is -0.130. The number of hydrogen-bond acceptors (Lipinski definition) is 1. The molecule has 0 aromatic rings. The highest BCUT2D eigenvalue weighted by atomic mass is 79.9. The molecular weight excluding hydrogens is 290 g/mol. The first kappa shape index (κ1) is 14.4. The lowest BCUT2D eigenvalue weighted by Crippen LogP contribution is -2.45. The van der Waals surface area contributed by atoms with Crippen molar-refractivity contribution >= 4 is 21.8 Å². The van der Waals surface area contributed by atoms with E-state index >= 15 is 0 Å². The molecule has 0 heterocycles. The molecule has 2 rings (SSSR count). The van der Waals surface area contributed by atoms with E-state index in [-0.39, 0.29) is 5.41 Å². The Morgan fingerprint density at radius 2 is 1.61 bits per heavy atom. The summed E-state index contributed by atoms with van der Waals surface area (Å²) in [6, 6.07) is 0. The number of carbonyl (C=O) groups is 1. The van der Waals surface area contributed by atoms with Gasteiger partial charge in [-0.1, -0.05) is 55.0 Å². The van der Waals surface area contributed by atoms with E-state index in [4.69, 9.17) is 0 Å². The standard InChI is InChI=1S/C15H26BrNO/c1-14(7-5-6-8-14)13(18)17-12-15(11-16)9-3-2-4-10-15/h2-12H2,1H3,(H,17,18). The van der Waals surface area contributed by atoms with Crippen LogP contribution in [0.4, 0.5) is 0 Å². The molecule has 0 radical (unpaired) electrons. The fourth-order valence-electron chi connectivity index (χ4n) is 3.52. The fraction of sp³-hybridized carbons (Fsp3) is 0.933. The maximum absolute atomic E-state index is 12.3.